The van der Waals surface area contributed by atoms with Crippen molar-refractivity contribution in [2.75, 3.05) is 19.8 Å². The SMILES string of the molecule is C=C(C)C(=O)OCCCCCCOc1ccc(OC(=O)C=Cc2ccc(OCCCCCC)cc2)cc1. The van der Waals surface area contributed by atoms with E-state index in [1.165, 1.54) is 25.3 Å². The van der Waals surface area contributed by atoms with Gasteiger partial charge in [0.2, 0.25) is 0 Å². The van der Waals surface area contributed by atoms with Gasteiger partial charge < -0.3 is 18.9 Å². The Bertz CT molecular complexity index is 976. The van der Waals surface area contributed by atoms with Gasteiger partial charge in [-0.2, -0.15) is 0 Å². The molecule has 0 aliphatic carbocycles. The summed E-state index contributed by atoms with van der Waals surface area (Å²) < 4.78 is 21.9. The van der Waals surface area contributed by atoms with Crippen molar-refractivity contribution in [3.05, 3.63) is 72.3 Å². The van der Waals surface area contributed by atoms with Crippen molar-refractivity contribution in [3.8, 4) is 17.2 Å². The molecule has 0 N–H and O–H groups in total. The number of carbonyl (C=O) groups excluding carboxylic acids is 2. The molecule has 0 aliphatic rings. The van der Waals surface area contributed by atoms with Crippen LogP contribution in [0, 0.1) is 0 Å². The molecule has 0 amide bonds. The Balaban J connectivity index is 1.61. The van der Waals surface area contributed by atoms with Crippen LogP contribution in [0.25, 0.3) is 6.08 Å². The lowest BCUT2D eigenvalue weighted by Crippen LogP contribution is -2.06. The summed E-state index contributed by atoms with van der Waals surface area (Å²) in [5.41, 5.74) is 1.32. The first-order valence-electron chi connectivity index (χ1n) is 13.2. The van der Waals surface area contributed by atoms with Crippen LogP contribution < -0.4 is 14.2 Å². The quantitative estimate of drug-likeness (QED) is 0.0909. The van der Waals surface area contributed by atoms with Gasteiger partial charge >= 0.3 is 11.9 Å². The molecule has 0 radical (unpaired) electrons. The maximum absolute atomic E-state index is 12.2. The Labute approximate surface area is 221 Å². The average molecular weight is 509 g/mol. The van der Waals surface area contributed by atoms with E-state index in [9.17, 15) is 9.59 Å². The molecule has 0 aromatic heterocycles. The molecular formula is C31H40O6. The highest BCUT2D eigenvalue weighted by Gasteiger charge is 2.03. The monoisotopic (exact) mass is 508 g/mol. The van der Waals surface area contributed by atoms with Crippen LogP contribution in [0.5, 0.6) is 17.2 Å². The third-order valence-corrected chi connectivity index (χ3v) is 5.49. The minimum absolute atomic E-state index is 0.336. The topological polar surface area (TPSA) is 71.1 Å². The van der Waals surface area contributed by atoms with E-state index in [1.54, 1.807) is 37.3 Å². The van der Waals surface area contributed by atoms with Crippen LogP contribution in [-0.2, 0) is 14.3 Å². The number of esters is 2. The molecule has 6 nitrogen and oxygen atoms in total. The average Bonchev–Trinajstić information content (AvgIpc) is 2.90. The van der Waals surface area contributed by atoms with Crippen LogP contribution >= 0.6 is 0 Å². The van der Waals surface area contributed by atoms with E-state index in [2.05, 4.69) is 13.5 Å². The third kappa shape index (κ3) is 13.4. The zero-order chi connectivity index (χ0) is 26.7. The van der Waals surface area contributed by atoms with Gasteiger partial charge in [-0.15, -0.1) is 0 Å². The molecule has 0 aliphatic heterocycles. The largest absolute Gasteiger partial charge is 0.494 e. The fourth-order valence-corrected chi connectivity index (χ4v) is 3.35. The standard InChI is InChI=1S/C31H40O6/c1-4-5-6-9-22-34-27-15-12-26(13-16-27)14-21-30(32)37-29-19-17-28(18-20-29)35-23-10-7-8-11-24-36-31(33)25(2)3/h12-21H,2,4-11,22-24H2,1,3H3. The first-order chi connectivity index (χ1) is 18.0. The van der Waals surface area contributed by atoms with Crippen LogP contribution in [0.15, 0.2) is 66.8 Å². The molecule has 0 spiro atoms. The molecule has 37 heavy (non-hydrogen) atoms. The molecule has 2 aromatic carbocycles. The maximum atomic E-state index is 12.2. The van der Waals surface area contributed by atoms with Crippen molar-refractivity contribution in [3.63, 3.8) is 0 Å². The summed E-state index contributed by atoms with van der Waals surface area (Å²) in [6.07, 6.45) is 11.5. The van der Waals surface area contributed by atoms with Gasteiger partial charge in [-0.1, -0.05) is 44.9 Å². The van der Waals surface area contributed by atoms with Crippen molar-refractivity contribution < 1.29 is 28.5 Å². The van der Waals surface area contributed by atoms with Crippen molar-refractivity contribution >= 4 is 18.0 Å². The molecule has 0 heterocycles. The number of benzene rings is 2. The molecule has 0 saturated heterocycles. The molecule has 2 aromatic rings. The van der Waals surface area contributed by atoms with E-state index in [0.717, 1.165) is 55.8 Å². The van der Waals surface area contributed by atoms with E-state index < -0.39 is 5.97 Å². The summed E-state index contributed by atoms with van der Waals surface area (Å²) in [6.45, 7) is 9.12. The van der Waals surface area contributed by atoms with E-state index in [4.69, 9.17) is 18.9 Å². The smallest absolute Gasteiger partial charge is 0.336 e. The van der Waals surface area contributed by atoms with Crippen molar-refractivity contribution in [2.24, 2.45) is 0 Å². The van der Waals surface area contributed by atoms with E-state index in [0.29, 0.717) is 24.5 Å². The fraction of sp³-hybridized carbons (Fsp3) is 0.419. The van der Waals surface area contributed by atoms with Crippen molar-refractivity contribution in [2.45, 2.75) is 65.2 Å². The molecule has 0 unspecified atom stereocenters. The Morgan fingerprint density at radius 3 is 1.81 bits per heavy atom. The van der Waals surface area contributed by atoms with Gasteiger partial charge in [0.05, 0.1) is 19.8 Å². The molecule has 0 saturated carbocycles. The molecule has 6 heteroatoms. The lowest BCUT2D eigenvalue weighted by molar-refractivity contribution is -0.139. The van der Waals surface area contributed by atoms with Gasteiger partial charge in [0.25, 0.3) is 0 Å². The number of hydrogen-bond donors (Lipinski definition) is 0. The summed E-state index contributed by atoms with van der Waals surface area (Å²) in [4.78, 5) is 23.4. The first-order valence-corrected chi connectivity index (χ1v) is 13.2. The highest BCUT2D eigenvalue weighted by atomic mass is 16.5. The molecule has 0 fully saturated rings. The highest BCUT2D eigenvalue weighted by Crippen LogP contribution is 2.19. The van der Waals surface area contributed by atoms with E-state index in [1.807, 2.05) is 24.3 Å². The first kappa shape index (κ1) is 29.7. The summed E-state index contributed by atoms with van der Waals surface area (Å²) >= 11 is 0. The van der Waals surface area contributed by atoms with Gasteiger partial charge in [-0.05, 0) is 87.1 Å². The number of hydrogen-bond acceptors (Lipinski definition) is 6. The number of ether oxygens (including phenoxy) is 4. The van der Waals surface area contributed by atoms with Gasteiger partial charge in [-0.25, -0.2) is 9.59 Å². The molecule has 200 valence electrons. The van der Waals surface area contributed by atoms with Gasteiger partial charge in [-0.3, -0.25) is 0 Å². The zero-order valence-electron chi connectivity index (χ0n) is 22.2. The predicted molar refractivity (Wildman–Crippen MR) is 147 cm³/mol. The van der Waals surface area contributed by atoms with Crippen LogP contribution in [0.4, 0.5) is 0 Å². The summed E-state index contributed by atoms with van der Waals surface area (Å²) in [6, 6.07) is 14.6. The summed E-state index contributed by atoms with van der Waals surface area (Å²) in [5.74, 6) is 1.23. The minimum atomic E-state index is -0.446. The molecule has 0 atom stereocenters. The van der Waals surface area contributed by atoms with Crippen LogP contribution in [0.1, 0.15) is 70.8 Å². The van der Waals surface area contributed by atoms with Crippen LogP contribution in [0.3, 0.4) is 0 Å². The lowest BCUT2D eigenvalue weighted by atomic mass is 10.2. The Kier molecular flexibility index (Phi) is 14.3. The second kappa shape index (κ2) is 17.8. The zero-order valence-corrected chi connectivity index (χ0v) is 22.2. The molecule has 0 bridgehead atoms. The highest BCUT2D eigenvalue weighted by molar-refractivity contribution is 5.88. The minimum Gasteiger partial charge on any atom is -0.494 e. The Morgan fingerprint density at radius 2 is 1.24 bits per heavy atom. The molecule has 2 rings (SSSR count). The number of carbonyl (C=O) groups is 2. The van der Waals surface area contributed by atoms with Crippen LogP contribution in [-0.4, -0.2) is 31.8 Å². The van der Waals surface area contributed by atoms with Crippen molar-refractivity contribution in [1.82, 2.24) is 0 Å². The van der Waals surface area contributed by atoms with Gasteiger partial charge in [0.15, 0.2) is 0 Å². The fourth-order valence-electron chi connectivity index (χ4n) is 3.35. The Morgan fingerprint density at radius 1 is 0.730 bits per heavy atom. The maximum Gasteiger partial charge on any atom is 0.336 e. The van der Waals surface area contributed by atoms with Crippen molar-refractivity contribution in [1.29, 1.82) is 0 Å². The molecular weight excluding hydrogens is 468 g/mol. The second-order valence-corrected chi connectivity index (χ2v) is 8.88. The van der Waals surface area contributed by atoms with Gasteiger partial charge in [0.1, 0.15) is 17.2 Å². The Hall–Kier alpha value is -3.54. The van der Waals surface area contributed by atoms with E-state index in [-0.39, 0.29) is 5.97 Å². The summed E-state index contributed by atoms with van der Waals surface area (Å²) in [7, 11) is 0. The number of unbranched alkanes of at least 4 members (excludes halogenated alkanes) is 6. The van der Waals surface area contributed by atoms with Gasteiger partial charge in [0, 0.05) is 11.6 Å². The normalized spacial score (nSPS) is 10.8. The number of rotatable bonds is 18. The van der Waals surface area contributed by atoms with E-state index >= 15 is 0 Å². The predicted octanol–water partition coefficient (Wildman–Crippen LogP) is 7.32. The lowest BCUT2D eigenvalue weighted by Gasteiger charge is -2.08. The summed E-state index contributed by atoms with van der Waals surface area (Å²) in [5, 5.41) is 0. The third-order valence-electron chi connectivity index (χ3n) is 5.49. The van der Waals surface area contributed by atoms with Crippen LogP contribution in [0.2, 0.25) is 0 Å². The second-order valence-electron chi connectivity index (χ2n) is 8.88.